The van der Waals surface area contributed by atoms with Crippen molar-refractivity contribution >= 4 is 35.8 Å². The lowest BCUT2D eigenvalue weighted by atomic mass is 10.2. The van der Waals surface area contributed by atoms with Gasteiger partial charge in [-0.25, -0.2) is 4.98 Å². The summed E-state index contributed by atoms with van der Waals surface area (Å²) in [7, 11) is 1.52. The van der Waals surface area contributed by atoms with E-state index in [1.807, 2.05) is 19.1 Å². The summed E-state index contributed by atoms with van der Waals surface area (Å²) in [5.41, 5.74) is 0.920. The SMILES string of the molecule is CN=C(NCCC(F)(F)F)NCc1ccc(N2CCOC(C)C2)nc1.I. The van der Waals surface area contributed by atoms with Crippen molar-refractivity contribution in [3.63, 3.8) is 0 Å². The highest BCUT2D eigenvalue weighted by Gasteiger charge is 2.26. The zero-order chi connectivity index (χ0) is 18.3. The Morgan fingerprint density at radius 1 is 1.38 bits per heavy atom. The number of alkyl halides is 3. The van der Waals surface area contributed by atoms with Crippen molar-refractivity contribution < 1.29 is 17.9 Å². The van der Waals surface area contributed by atoms with Crippen LogP contribution in [0.25, 0.3) is 0 Å². The summed E-state index contributed by atoms with van der Waals surface area (Å²) in [5.74, 6) is 1.22. The van der Waals surface area contributed by atoms with Gasteiger partial charge in [-0.05, 0) is 18.6 Å². The number of anilines is 1. The fraction of sp³-hybridized carbons (Fsp3) is 0.625. The summed E-state index contributed by atoms with van der Waals surface area (Å²) >= 11 is 0. The van der Waals surface area contributed by atoms with E-state index in [-0.39, 0.29) is 36.6 Å². The van der Waals surface area contributed by atoms with E-state index in [1.165, 1.54) is 7.05 Å². The van der Waals surface area contributed by atoms with Crippen molar-refractivity contribution in [2.45, 2.75) is 32.2 Å². The molecule has 1 aliphatic rings. The smallest absolute Gasteiger partial charge is 0.375 e. The molecule has 1 aromatic heterocycles. The highest BCUT2D eigenvalue weighted by atomic mass is 127. The standard InChI is InChI=1S/C16H24F3N5O.HI/c1-12-11-24(7-8-25-12)14-4-3-13(9-22-14)10-23-15(20-2)21-6-5-16(17,18)19;/h3-4,9,12H,5-8,10-11H2,1-2H3,(H2,20,21,23);1H. The van der Waals surface area contributed by atoms with E-state index >= 15 is 0 Å². The summed E-state index contributed by atoms with van der Waals surface area (Å²) in [6.45, 7) is 4.55. The zero-order valence-corrected chi connectivity index (χ0v) is 17.2. The van der Waals surface area contributed by atoms with Gasteiger partial charge in [0.2, 0.25) is 0 Å². The van der Waals surface area contributed by atoms with Crippen LogP contribution in [0.15, 0.2) is 23.3 Å². The van der Waals surface area contributed by atoms with E-state index in [1.54, 1.807) is 6.20 Å². The summed E-state index contributed by atoms with van der Waals surface area (Å²) in [6.07, 6.45) is -3.14. The predicted octanol–water partition coefficient (Wildman–Crippen LogP) is 2.54. The van der Waals surface area contributed by atoms with Crippen molar-refractivity contribution in [1.82, 2.24) is 15.6 Å². The lowest BCUT2D eigenvalue weighted by molar-refractivity contribution is -0.132. The fourth-order valence-corrected chi connectivity index (χ4v) is 2.46. The molecule has 2 heterocycles. The highest BCUT2D eigenvalue weighted by Crippen LogP contribution is 2.18. The second-order valence-electron chi connectivity index (χ2n) is 5.87. The van der Waals surface area contributed by atoms with Crippen LogP contribution in [0.3, 0.4) is 0 Å². The van der Waals surface area contributed by atoms with Crippen LogP contribution in [-0.2, 0) is 11.3 Å². The lowest BCUT2D eigenvalue weighted by Crippen LogP contribution is -2.41. The molecule has 26 heavy (non-hydrogen) atoms. The van der Waals surface area contributed by atoms with Crippen molar-refractivity contribution in [3.05, 3.63) is 23.9 Å². The molecule has 0 radical (unpaired) electrons. The van der Waals surface area contributed by atoms with Crippen LogP contribution in [0, 0.1) is 0 Å². The van der Waals surface area contributed by atoms with Gasteiger partial charge in [0.05, 0.1) is 19.1 Å². The van der Waals surface area contributed by atoms with Gasteiger partial charge >= 0.3 is 6.18 Å². The maximum atomic E-state index is 12.2. The molecule has 1 unspecified atom stereocenters. The predicted molar refractivity (Wildman–Crippen MR) is 106 cm³/mol. The third kappa shape index (κ3) is 7.94. The van der Waals surface area contributed by atoms with Gasteiger partial charge in [-0.2, -0.15) is 13.2 Å². The average molecular weight is 487 g/mol. The number of aromatic nitrogens is 1. The number of hydrogen-bond donors (Lipinski definition) is 2. The minimum absolute atomic E-state index is 0. The number of rotatable bonds is 5. The molecule has 10 heteroatoms. The summed E-state index contributed by atoms with van der Waals surface area (Å²) < 4.78 is 42.0. The molecule has 1 saturated heterocycles. The maximum absolute atomic E-state index is 12.2. The van der Waals surface area contributed by atoms with Crippen molar-refractivity contribution in [2.75, 3.05) is 38.2 Å². The first-order valence-electron chi connectivity index (χ1n) is 8.20. The van der Waals surface area contributed by atoms with Gasteiger partial charge in [0, 0.05) is 39.4 Å². The zero-order valence-electron chi connectivity index (χ0n) is 14.8. The number of pyridine rings is 1. The number of morpholine rings is 1. The quantitative estimate of drug-likeness (QED) is 0.380. The molecule has 6 nitrogen and oxygen atoms in total. The van der Waals surface area contributed by atoms with Gasteiger partial charge in [-0.15, -0.1) is 24.0 Å². The molecule has 1 atom stereocenters. The molecule has 0 bridgehead atoms. The second-order valence-corrected chi connectivity index (χ2v) is 5.87. The van der Waals surface area contributed by atoms with Gasteiger partial charge in [0.25, 0.3) is 0 Å². The number of halogens is 4. The maximum Gasteiger partial charge on any atom is 0.390 e. The van der Waals surface area contributed by atoms with Gasteiger partial charge in [-0.1, -0.05) is 6.07 Å². The van der Waals surface area contributed by atoms with Gasteiger partial charge in [0.1, 0.15) is 5.82 Å². The Morgan fingerprint density at radius 3 is 2.73 bits per heavy atom. The molecule has 2 rings (SSSR count). The number of guanidine groups is 1. The van der Waals surface area contributed by atoms with E-state index < -0.39 is 12.6 Å². The van der Waals surface area contributed by atoms with Crippen molar-refractivity contribution in [2.24, 2.45) is 4.99 Å². The Bertz CT molecular complexity index is 568. The Labute approximate surface area is 168 Å². The summed E-state index contributed by atoms with van der Waals surface area (Å²) in [5, 5.41) is 5.62. The number of nitrogens with one attached hydrogen (secondary N) is 2. The molecule has 148 valence electrons. The van der Waals surface area contributed by atoms with Crippen LogP contribution in [-0.4, -0.2) is 56.5 Å². The molecule has 0 aromatic carbocycles. The minimum Gasteiger partial charge on any atom is -0.375 e. The molecular formula is C16H25F3IN5O. The normalized spacial score (nSPS) is 18.3. The number of nitrogens with zero attached hydrogens (tertiary/aromatic N) is 3. The number of hydrogen-bond acceptors (Lipinski definition) is 4. The van der Waals surface area contributed by atoms with E-state index in [0.717, 1.165) is 24.5 Å². The third-order valence-corrected chi connectivity index (χ3v) is 3.76. The van der Waals surface area contributed by atoms with Crippen LogP contribution >= 0.6 is 24.0 Å². The second kappa shape index (κ2) is 10.8. The molecule has 0 spiro atoms. The fourth-order valence-electron chi connectivity index (χ4n) is 2.46. The first-order chi connectivity index (χ1) is 11.9. The molecular weight excluding hydrogens is 462 g/mol. The van der Waals surface area contributed by atoms with Crippen molar-refractivity contribution in [3.8, 4) is 0 Å². The highest BCUT2D eigenvalue weighted by molar-refractivity contribution is 14.0. The first-order valence-corrected chi connectivity index (χ1v) is 8.20. The minimum atomic E-state index is -4.18. The lowest BCUT2D eigenvalue weighted by Gasteiger charge is -2.32. The summed E-state index contributed by atoms with van der Waals surface area (Å²) in [6, 6.07) is 3.88. The number of ether oxygens (including phenoxy) is 1. The number of aliphatic imine (C=N–C) groups is 1. The molecule has 0 amide bonds. The molecule has 0 aliphatic carbocycles. The molecule has 2 N–H and O–H groups in total. The van der Waals surface area contributed by atoms with Crippen LogP contribution in [0.2, 0.25) is 0 Å². The van der Waals surface area contributed by atoms with Crippen LogP contribution in [0.5, 0.6) is 0 Å². The largest absolute Gasteiger partial charge is 0.390 e. The van der Waals surface area contributed by atoms with E-state index in [4.69, 9.17) is 4.74 Å². The molecule has 1 fully saturated rings. The third-order valence-electron chi connectivity index (χ3n) is 3.76. The Hall–Kier alpha value is -1.30. The van der Waals surface area contributed by atoms with Crippen LogP contribution < -0.4 is 15.5 Å². The molecule has 1 aliphatic heterocycles. The van der Waals surface area contributed by atoms with Crippen LogP contribution in [0.1, 0.15) is 18.9 Å². The van der Waals surface area contributed by atoms with Gasteiger partial charge in [0.15, 0.2) is 5.96 Å². The van der Waals surface area contributed by atoms with E-state index in [9.17, 15) is 13.2 Å². The van der Waals surface area contributed by atoms with Crippen molar-refractivity contribution in [1.29, 1.82) is 0 Å². The van der Waals surface area contributed by atoms with E-state index in [0.29, 0.717) is 19.1 Å². The Balaban J connectivity index is 0.00000338. The van der Waals surface area contributed by atoms with E-state index in [2.05, 4.69) is 25.5 Å². The van der Waals surface area contributed by atoms with Crippen LogP contribution in [0.4, 0.5) is 19.0 Å². The van der Waals surface area contributed by atoms with Gasteiger partial charge in [-0.3, -0.25) is 4.99 Å². The molecule has 1 aromatic rings. The monoisotopic (exact) mass is 487 g/mol. The Morgan fingerprint density at radius 2 is 2.15 bits per heavy atom. The first kappa shape index (κ1) is 22.7. The average Bonchev–Trinajstić information content (AvgIpc) is 2.57. The Kier molecular flexibility index (Phi) is 9.41. The molecule has 0 saturated carbocycles. The van der Waals surface area contributed by atoms with Gasteiger partial charge < -0.3 is 20.3 Å². The topological polar surface area (TPSA) is 61.8 Å². The summed E-state index contributed by atoms with van der Waals surface area (Å²) in [4.78, 5) is 10.5.